The summed E-state index contributed by atoms with van der Waals surface area (Å²) >= 11 is 6.17. The zero-order valence-corrected chi connectivity index (χ0v) is 13.6. The topological polar surface area (TPSA) is 15.3 Å². The molecule has 1 N–H and O–H groups in total. The summed E-state index contributed by atoms with van der Waals surface area (Å²) < 4.78 is 0. The first kappa shape index (κ1) is 16.3. The van der Waals surface area contributed by atoms with Crippen LogP contribution in [0.4, 0.5) is 5.69 Å². The summed E-state index contributed by atoms with van der Waals surface area (Å²) in [5.74, 6) is 0. The van der Waals surface area contributed by atoms with Crippen LogP contribution in [-0.4, -0.2) is 19.1 Å². The Morgan fingerprint density at radius 3 is 2.37 bits per heavy atom. The molecule has 0 saturated carbocycles. The van der Waals surface area contributed by atoms with Crippen molar-refractivity contribution in [1.82, 2.24) is 5.32 Å². The fourth-order valence-corrected chi connectivity index (χ4v) is 2.53. The van der Waals surface area contributed by atoms with Gasteiger partial charge in [0.2, 0.25) is 0 Å². The molecule has 0 fully saturated rings. The highest BCUT2D eigenvalue weighted by Gasteiger charge is 2.15. The SMILES string of the molecule is CCC(CC)N(C)c1cc(Cl)ccc1CNC(C)C. The van der Waals surface area contributed by atoms with Crippen LogP contribution in [0, 0.1) is 0 Å². The Morgan fingerprint density at radius 2 is 1.84 bits per heavy atom. The predicted octanol–water partition coefficient (Wildman–Crippen LogP) is 4.46. The van der Waals surface area contributed by atoms with E-state index in [-0.39, 0.29) is 0 Å². The highest BCUT2D eigenvalue weighted by atomic mass is 35.5. The molecule has 0 aromatic heterocycles. The van der Waals surface area contributed by atoms with E-state index in [4.69, 9.17) is 11.6 Å². The molecule has 0 aliphatic heterocycles. The Balaban J connectivity index is 2.98. The van der Waals surface area contributed by atoms with Gasteiger partial charge in [-0.25, -0.2) is 0 Å². The van der Waals surface area contributed by atoms with Crippen LogP contribution in [0.5, 0.6) is 0 Å². The minimum Gasteiger partial charge on any atom is -0.371 e. The van der Waals surface area contributed by atoms with Crippen molar-refractivity contribution in [1.29, 1.82) is 0 Å². The van der Waals surface area contributed by atoms with Crippen molar-refractivity contribution in [3.05, 3.63) is 28.8 Å². The summed E-state index contributed by atoms with van der Waals surface area (Å²) in [5.41, 5.74) is 2.56. The number of anilines is 1. The van der Waals surface area contributed by atoms with Crippen molar-refractivity contribution in [2.24, 2.45) is 0 Å². The van der Waals surface area contributed by atoms with E-state index in [1.165, 1.54) is 11.3 Å². The first-order valence-electron chi connectivity index (χ1n) is 7.24. The van der Waals surface area contributed by atoms with Crippen molar-refractivity contribution in [3.63, 3.8) is 0 Å². The second-order valence-electron chi connectivity index (χ2n) is 5.39. The van der Waals surface area contributed by atoms with Gasteiger partial charge in [-0.2, -0.15) is 0 Å². The second kappa shape index (κ2) is 7.76. The van der Waals surface area contributed by atoms with Gasteiger partial charge in [-0.05, 0) is 30.5 Å². The van der Waals surface area contributed by atoms with Crippen LogP contribution in [-0.2, 0) is 6.54 Å². The molecule has 2 nitrogen and oxygen atoms in total. The fraction of sp³-hybridized carbons (Fsp3) is 0.625. The van der Waals surface area contributed by atoms with Crippen LogP contribution < -0.4 is 10.2 Å². The first-order valence-corrected chi connectivity index (χ1v) is 7.62. The van der Waals surface area contributed by atoms with Crippen LogP contribution in [0.25, 0.3) is 0 Å². The quantitative estimate of drug-likeness (QED) is 0.794. The highest BCUT2D eigenvalue weighted by Crippen LogP contribution is 2.27. The van der Waals surface area contributed by atoms with Gasteiger partial charge in [0.15, 0.2) is 0 Å². The van der Waals surface area contributed by atoms with Crippen molar-refractivity contribution in [2.75, 3.05) is 11.9 Å². The van der Waals surface area contributed by atoms with Crippen molar-refractivity contribution < 1.29 is 0 Å². The van der Waals surface area contributed by atoms with E-state index in [1.54, 1.807) is 0 Å². The number of nitrogens with zero attached hydrogens (tertiary/aromatic N) is 1. The third-order valence-corrected chi connectivity index (χ3v) is 3.85. The molecule has 0 atom stereocenters. The molecular formula is C16H27ClN2. The maximum Gasteiger partial charge on any atom is 0.0426 e. The van der Waals surface area contributed by atoms with Crippen LogP contribution in [0.15, 0.2) is 18.2 Å². The third-order valence-electron chi connectivity index (χ3n) is 3.62. The van der Waals surface area contributed by atoms with E-state index in [0.29, 0.717) is 12.1 Å². The standard InChI is InChI=1S/C16H27ClN2/c1-6-15(7-2)19(5)16-10-14(17)9-8-13(16)11-18-12(3)4/h8-10,12,15,18H,6-7,11H2,1-5H3. The summed E-state index contributed by atoms with van der Waals surface area (Å²) in [6, 6.07) is 7.24. The number of rotatable bonds is 7. The monoisotopic (exact) mass is 282 g/mol. The largest absolute Gasteiger partial charge is 0.371 e. The van der Waals surface area contributed by atoms with E-state index in [9.17, 15) is 0 Å². The van der Waals surface area contributed by atoms with E-state index in [1.807, 2.05) is 6.07 Å². The average molecular weight is 283 g/mol. The van der Waals surface area contributed by atoms with Crippen LogP contribution in [0.2, 0.25) is 5.02 Å². The van der Waals surface area contributed by atoms with Gasteiger partial charge in [-0.15, -0.1) is 0 Å². The van der Waals surface area contributed by atoms with Crippen LogP contribution >= 0.6 is 11.6 Å². The molecule has 3 heteroatoms. The van der Waals surface area contributed by atoms with Gasteiger partial charge in [0.25, 0.3) is 0 Å². The molecule has 0 aliphatic rings. The molecule has 0 aliphatic carbocycles. The second-order valence-corrected chi connectivity index (χ2v) is 5.83. The molecule has 1 rings (SSSR count). The van der Waals surface area contributed by atoms with Gasteiger partial charge < -0.3 is 10.2 Å². The highest BCUT2D eigenvalue weighted by molar-refractivity contribution is 6.30. The van der Waals surface area contributed by atoms with Gasteiger partial charge in [-0.3, -0.25) is 0 Å². The normalized spacial score (nSPS) is 11.4. The molecule has 0 saturated heterocycles. The Hall–Kier alpha value is -0.730. The molecule has 0 radical (unpaired) electrons. The van der Waals surface area contributed by atoms with Crippen molar-refractivity contribution >= 4 is 17.3 Å². The van der Waals surface area contributed by atoms with Crippen LogP contribution in [0.3, 0.4) is 0 Å². The summed E-state index contributed by atoms with van der Waals surface area (Å²) in [6.07, 6.45) is 2.30. The zero-order valence-electron chi connectivity index (χ0n) is 12.8. The molecule has 0 unspecified atom stereocenters. The summed E-state index contributed by atoms with van der Waals surface area (Å²) in [7, 11) is 2.17. The molecule has 1 aromatic rings. The fourth-order valence-electron chi connectivity index (χ4n) is 2.36. The number of hydrogen-bond donors (Lipinski definition) is 1. The van der Waals surface area contributed by atoms with Crippen molar-refractivity contribution in [2.45, 2.75) is 59.2 Å². The lowest BCUT2D eigenvalue weighted by atomic mass is 10.1. The lowest BCUT2D eigenvalue weighted by Crippen LogP contribution is -2.32. The van der Waals surface area contributed by atoms with E-state index >= 15 is 0 Å². The Kier molecular flexibility index (Phi) is 6.67. The van der Waals surface area contributed by atoms with E-state index in [2.05, 4.69) is 57.1 Å². The molecule has 19 heavy (non-hydrogen) atoms. The Morgan fingerprint density at radius 1 is 1.21 bits per heavy atom. The Bertz CT molecular complexity index is 386. The lowest BCUT2D eigenvalue weighted by Gasteiger charge is -2.30. The summed E-state index contributed by atoms with van der Waals surface area (Å²) in [5, 5.41) is 4.29. The lowest BCUT2D eigenvalue weighted by molar-refractivity contribution is 0.573. The zero-order chi connectivity index (χ0) is 14.4. The summed E-state index contributed by atoms with van der Waals surface area (Å²) in [6.45, 7) is 9.69. The molecule has 0 spiro atoms. The van der Waals surface area contributed by atoms with Gasteiger partial charge in [-0.1, -0.05) is 45.4 Å². The van der Waals surface area contributed by atoms with E-state index in [0.717, 1.165) is 24.4 Å². The predicted molar refractivity (Wildman–Crippen MR) is 86.2 cm³/mol. The molecule has 0 amide bonds. The van der Waals surface area contributed by atoms with Gasteiger partial charge in [0.05, 0.1) is 0 Å². The Labute approximate surface area is 123 Å². The molecule has 0 bridgehead atoms. The molecule has 1 aromatic carbocycles. The number of hydrogen-bond acceptors (Lipinski definition) is 2. The average Bonchev–Trinajstić information content (AvgIpc) is 2.38. The number of benzene rings is 1. The van der Waals surface area contributed by atoms with Gasteiger partial charge >= 0.3 is 0 Å². The molecule has 0 heterocycles. The minimum atomic E-state index is 0.488. The van der Waals surface area contributed by atoms with Crippen molar-refractivity contribution in [3.8, 4) is 0 Å². The van der Waals surface area contributed by atoms with E-state index < -0.39 is 0 Å². The maximum atomic E-state index is 6.17. The van der Waals surface area contributed by atoms with Gasteiger partial charge in [0.1, 0.15) is 0 Å². The third kappa shape index (κ3) is 4.70. The van der Waals surface area contributed by atoms with Gasteiger partial charge in [0, 0.05) is 36.4 Å². The maximum absolute atomic E-state index is 6.17. The first-order chi connectivity index (χ1) is 8.99. The number of halogens is 1. The van der Waals surface area contributed by atoms with Crippen LogP contribution in [0.1, 0.15) is 46.1 Å². The smallest absolute Gasteiger partial charge is 0.0426 e. The molecule has 108 valence electrons. The number of nitrogens with one attached hydrogen (secondary N) is 1. The summed E-state index contributed by atoms with van der Waals surface area (Å²) in [4.78, 5) is 2.36. The molecular weight excluding hydrogens is 256 g/mol. The minimum absolute atomic E-state index is 0.488.